The molecule has 1 amide bonds. The monoisotopic (exact) mass is 314 g/mol. The summed E-state index contributed by atoms with van der Waals surface area (Å²) in [6.07, 6.45) is 0. The van der Waals surface area contributed by atoms with Crippen molar-refractivity contribution < 1.29 is 9.53 Å². The highest BCUT2D eigenvalue weighted by molar-refractivity contribution is 6.31. The van der Waals surface area contributed by atoms with Gasteiger partial charge in [0.25, 0.3) is 0 Å². The van der Waals surface area contributed by atoms with Crippen LogP contribution in [0.3, 0.4) is 0 Å². The van der Waals surface area contributed by atoms with Gasteiger partial charge in [-0.2, -0.15) is 5.10 Å². The lowest BCUT2D eigenvalue weighted by atomic mass is 10.3. The number of hydrogen-bond donors (Lipinski definition) is 1. The molecule has 21 heavy (non-hydrogen) atoms. The minimum absolute atomic E-state index is 0.0365. The van der Waals surface area contributed by atoms with Gasteiger partial charge in [0.1, 0.15) is 6.04 Å². The highest BCUT2D eigenvalue weighted by Crippen LogP contribution is 2.22. The van der Waals surface area contributed by atoms with Crippen molar-refractivity contribution in [2.45, 2.75) is 26.8 Å². The van der Waals surface area contributed by atoms with E-state index in [-0.39, 0.29) is 11.9 Å². The molecule has 6 nitrogen and oxygen atoms in total. The Morgan fingerprint density at radius 1 is 1.43 bits per heavy atom. The van der Waals surface area contributed by atoms with Gasteiger partial charge >= 0.3 is 0 Å². The molecule has 0 radical (unpaired) electrons. The van der Waals surface area contributed by atoms with Gasteiger partial charge in [0, 0.05) is 26.2 Å². The minimum atomic E-state index is -0.360. The lowest BCUT2D eigenvalue weighted by Crippen LogP contribution is -2.42. The number of amides is 1. The largest absolute Gasteiger partial charge is 0.379 e. The van der Waals surface area contributed by atoms with E-state index in [2.05, 4.69) is 15.3 Å². The maximum atomic E-state index is 12.2. The summed E-state index contributed by atoms with van der Waals surface area (Å²) in [6.45, 7) is 10.4. The smallest absolute Gasteiger partial charge is 0.244 e. The second kappa shape index (κ2) is 7.24. The SMILES string of the molecule is Cc1nn(C(C)C(=O)NCCN2CCOCC2)c(C)c1Cl. The zero-order chi connectivity index (χ0) is 15.4. The molecule has 0 spiro atoms. The summed E-state index contributed by atoms with van der Waals surface area (Å²) in [5.41, 5.74) is 1.58. The number of aromatic nitrogens is 2. The van der Waals surface area contributed by atoms with Crippen LogP contribution in [0.25, 0.3) is 0 Å². The van der Waals surface area contributed by atoms with Gasteiger partial charge in [-0.3, -0.25) is 14.4 Å². The second-order valence-corrected chi connectivity index (χ2v) is 5.73. The summed E-state index contributed by atoms with van der Waals surface area (Å²) in [5, 5.41) is 7.91. The van der Waals surface area contributed by atoms with Crippen molar-refractivity contribution >= 4 is 17.5 Å². The first-order chi connectivity index (χ1) is 10.0. The Bertz CT molecular complexity index is 497. The van der Waals surface area contributed by atoms with Crippen LogP contribution >= 0.6 is 11.6 Å². The van der Waals surface area contributed by atoms with Gasteiger partial charge in [0.2, 0.25) is 5.91 Å². The summed E-state index contributed by atoms with van der Waals surface area (Å²) in [5.74, 6) is -0.0365. The van der Waals surface area contributed by atoms with Crippen LogP contribution in [0.5, 0.6) is 0 Å². The number of halogens is 1. The molecule has 2 rings (SSSR count). The van der Waals surface area contributed by atoms with Gasteiger partial charge in [0.05, 0.1) is 29.6 Å². The first-order valence-corrected chi connectivity index (χ1v) is 7.67. The predicted molar refractivity (Wildman–Crippen MR) is 81.7 cm³/mol. The molecule has 0 bridgehead atoms. The lowest BCUT2D eigenvalue weighted by molar-refractivity contribution is -0.124. The third kappa shape index (κ3) is 3.96. The fourth-order valence-electron chi connectivity index (χ4n) is 2.44. The van der Waals surface area contributed by atoms with Crippen LogP contribution in [-0.2, 0) is 9.53 Å². The standard InChI is InChI=1S/C14H23ClN4O2/c1-10-13(15)11(2)19(17-10)12(3)14(20)16-4-5-18-6-8-21-9-7-18/h12H,4-9H2,1-3H3,(H,16,20). The highest BCUT2D eigenvalue weighted by atomic mass is 35.5. The molecule has 1 aliphatic heterocycles. The molecule has 1 fully saturated rings. The summed E-state index contributed by atoms with van der Waals surface area (Å²) in [4.78, 5) is 14.5. The van der Waals surface area contributed by atoms with E-state index in [1.54, 1.807) is 4.68 Å². The molecule has 0 aromatic carbocycles. The first-order valence-electron chi connectivity index (χ1n) is 7.29. The number of carbonyl (C=O) groups excluding carboxylic acids is 1. The van der Waals surface area contributed by atoms with Crippen molar-refractivity contribution in [3.8, 4) is 0 Å². The van der Waals surface area contributed by atoms with Crippen LogP contribution in [0.1, 0.15) is 24.4 Å². The Balaban J connectivity index is 1.83. The average Bonchev–Trinajstić information content (AvgIpc) is 2.75. The third-order valence-electron chi connectivity index (χ3n) is 3.81. The predicted octanol–water partition coefficient (Wildman–Crippen LogP) is 1.16. The number of aryl methyl sites for hydroxylation is 1. The van der Waals surface area contributed by atoms with Crippen LogP contribution in [0.15, 0.2) is 0 Å². The van der Waals surface area contributed by atoms with Gasteiger partial charge < -0.3 is 10.1 Å². The van der Waals surface area contributed by atoms with E-state index in [0.29, 0.717) is 11.6 Å². The van der Waals surface area contributed by atoms with E-state index in [9.17, 15) is 4.79 Å². The summed E-state index contributed by atoms with van der Waals surface area (Å²) >= 11 is 6.12. The van der Waals surface area contributed by atoms with E-state index in [1.807, 2.05) is 20.8 Å². The summed E-state index contributed by atoms with van der Waals surface area (Å²) in [7, 11) is 0. The van der Waals surface area contributed by atoms with Gasteiger partial charge in [-0.25, -0.2) is 0 Å². The topological polar surface area (TPSA) is 59.4 Å². The Labute approximate surface area is 130 Å². The van der Waals surface area contributed by atoms with Crippen LogP contribution in [0.4, 0.5) is 0 Å². The number of nitrogens with zero attached hydrogens (tertiary/aromatic N) is 3. The van der Waals surface area contributed by atoms with Gasteiger partial charge in [-0.1, -0.05) is 11.6 Å². The molecule has 0 saturated carbocycles. The molecule has 118 valence electrons. The summed E-state index contributed by atoms with van der Waals surface area (Å²) < 4.78 is 6.98. The van der Waals surface area contributed by atoms with Gasteiger partial charge in [0.15, 0.2) is 0 Å². The zero-order valence-electron chi connectivity index (χ0n) is 12.9. The molecular formula is C14H23ClN4O2. The molecule has 1 N–H and O–H groups in total. The molecule has 1 atom stereocenters. The van der Waals surface area contributed by atoms with E-state index in [0.717, 1.165) is 44.2 Å². The highest BCUT2D eigenvalue weighted by Gasteiger charge is 2.20. The molecule has 0 aliphatic carbocycles. The Morgan fingerprint density at radius 3 is 2.67 bits per heavy atom. The van der Waals surface area contributed by atoms with Crippen molar-refractivity contribution in [2.24, 2.45) is 0 Å². The van der Waals surface area contributed by atoms with Crippen LogP contribution in [-0.4, -0.2) is 60.0 Å². The molecule has 1 aliphatic rings. The van der Waals surface area contributed by atoms with Crippen molar-refractivity contribution in [1.29, 1.82) is 0 Å². The van der Waals surface area contributed by atoms with Crippen molar-refractivity contribution in [2.75, 3.05) is 39.4 Å². The average molecular weight is 315 g/mol. The number of hydrogen-bond acceptors (Lipinski definition) is 4. The fourth-order valence-corrected chi connectivity index (χ4v) is 2.57. The van der Waals surface area contributed by atoms with Crippen molar-refractivity contribution in [1.82, 2.24) is 20.0 Å². The normalized spacial score (nSPS) is 17.7. The molecule has 7 heteroatoms. The number of rotatable bonds is 5. The van der Waals surface area contributed by atoms with Crippen LogP contribution < -0.4 is 5.32 Å². The fraction of sp³-hybridized carbons (Fsp3) is 0.714. The Morgan fingerprint density at radius 2 is 2.10 bits per heavy atom. The molecular weight excluding hydrogens is 292 g/mol. The number of morpholine rings is 1. The van der Waals surface area contributed by atoms with E-state index in [4.69, 9.17) is 16.3 Å². The molecule has 1 aromatic heterocycles. The number of ether oxygens (including phenoxy) is 1. The third-order valence-corrected chi connectivity index (χ3v) is 4.36. The molecule has 2 heterocycles. The number of carbonyl (C=O) groups is 1. The molecule has 1 saturated heterocycles. The number of nitrogens with one attached hydrogen (secondary N) is 1. The van der Waals surface area contributed by atoms with E-state index < -0.39 is 0 Å². The van der Waals surface area contributed by atoms with E-state index in [1.165, 1.54) is 0 Å². The lowest BCUT2D eigenvalue weighted by Gasteiger charge is -2.26. The van der Waals surface area contributed by atoms with Gasteiger partial charge in [-0.05, 0) is 20.8 Å². The quantitative estimate of drug-likeness (QED) is 0.886. The molecule has 1 aromatic rings. The Kier molecular flexibility index (Phi) is 5.61. The minimum Gasteiger partial charge on any atom is -0.379 e. The first kappa shape index (κ1) is 16.3. The maximum absolute atomic E-state index is 12.2. The second-order valence-electron chi connectivity index (χ2n) is 5.35. The zero-order valence-corrected chi connectivity index (χ0v) is 13.6. The van der Waals surface area contributed by atoms with E-state index >= 15 is 0 Å². The van der Waals surface area contributed by atoms with Crippen LogP contribution in [0.2, 0.25) is 5.02 Å². The van der Waals surface area contributed by atoms with Crippen LogP contribution in [0, 0.1) is 13.8 Å². The summed E-state index contributed by atoms with van der Waals surface area (Å²) in [6, 6.07) is -0.360. The van der Waals surface area contributed by atoms with Gasteiger partial charge in [-0.15, -0.1) is 0 Å². The Hall–Kier alpha value is -1.11. The van der Waals surface area contributed by atoms with Crippen molar-refractivity contribution in [3.63, 3.8) is 0 Å². The maximum Gasteiger partial charge on any atom is 0.244 e. The molecule has 1 unspecified atom stereocenters. The van der Waals surface area contributed by atoms with Crippen molar-refractivity contribution in [3.05, 3.63) is 16.4 Å².